The average Bonchev–Trinajstić information content (AvgIpc) is 2.30. The maximum atomic E-state index is 13.4. The molecule has 0 N–H and O–H groups in total. The lowest BCUT2D eigenvalue weighted by Gasteiger charge is -2.09. The van der Waals surface area contributed by atoms with Crippen LogP contribution in [0.3, 0.4) is 0 Å². The minimum absolute atomic E-state index is 0.191. The van der Waals surface area contributed by atoms with Crippen molar-refractivity contribution in [3.8, 4) is 0 Å². The Morgan fingerprint density at radius 2 is 2.29 bits per heavy atom. The number of thiocarbonyl (C=S) groups is 1. The topological polar surface area (TPSA) is 12.4 Å². The van der Waals surface area contributed by atoms with Gasteiger partial charge >= 0.3 is 0 Å². The van der Waals surface area contributed by atoms with Crippen molar-refractivity contribution in [3.05, 3.63) is 23.0 Å². The molecule has 0 aromatic heterocycles. The molecule has 1 aromatic carbocycles. The van der Waals surface area contributed by atoms with Gasteiger partial charge in [-0.25, -0.2) is 4.39 Å². The van der Waals surface area contributed by atoms with Crippen LogP contribution in [-0.2, 0) is 0 Å². The molecule has 92 valence electrons. The van der Waals surface area contributed by atoms with Gasteiger partial charge in [0.05, 0.1) is 10.2 Å². The monoisotopic (exact) mass is 289 g/mol. The zero-order valence-corrected chi connectivity index (χ0v) is 12.1. The highest BCUT2D eigenvalue weighted by Gasteiger charge is 2.09. The molecule has 0 spiro atoms. The summed E-state index contributed by atoms with van der Waals surface area (Å²) in [6, 6.07) is 2.88. The van der Waals surface area contributed by atoms with Crippen LogP contribution in [0.1, 0.15) is 20.3 Å². The number of rotatable bonds is 5. The van der Waals surface area contributed by atoms with Crippen molar-refractivity contribution >= 4 is 46.4 Å². The van der Waals surface area contributed by atoms with Crippen molar-refractivity contribution in [3.63, 3.8) is 0 Å². The van der Waals surface area contributed by atoms with Gasteiger partial charge in [-0.1, -0.05) is 31.9 Å². The van der Waals surface area contributed by atoms with Crippen LogP contribution in [0.15, 0.2) is 22.0 Å². The zero-order valence-electron chi connectivity index (χ0n) is 9.67. The number of aliphatic imine (C=N–C) groups is 1. The molecule has 1 rings (SSSR count). The molecule has 0 heterocycles. The Hall–Kier alpha value is -0.410. The lowest BCUT2D eigenvalue weighted by molar-refractivity contribution is 0.628. The molecule has 0 radical (unpaired) electrons. The molecule has 1 aromatic rings. The summed E-state index contributed by atoms with van der Waals surface area (Å²) in [4.78, 5) is 4.50. The molecule has 0 saturated carbocycles. The number of hydrogen-bond donors (Lipinski definition) is 0. The van der Waals surface area contributed by atoms with Gasteiger partial charge in [0.2, 0.25) is 0 Å². The summed E-state index contributed by atoms with van der Waals surface area (Å²) < 4.78 is 13.4. The SMILES string of the molecule is CCC(C)CSc1cc(N=C=S)c(F)cc1Cl. The van der Waals surface area contributed by atoms with Crippen molar-refractivity contribution in [1.82, 2.24) is 0 Å². The van der Waals surface area contributed by atoms with Gasteiger partial charge < -0.3 is 0 Å². The third-order valence-electron chi connectivity index (χ3n) is 2.39. The molecule has 0 saturated heterocycles. The Labute approximate surface area is 115 Å². The Bertz CT molecular complexity index is 444. The van der Waals surface area contributed by atoms with Gasteiger partial charge in [-0.15, -0.1) is 11.8 Å². The van der Waals surface area contributed by atoms with E-state index in [9.17, 15) is 4.39 Å². The summed E-state index contributed by atoms with van der Waals surface area (Å²) in [7, 11) is 0. The number of isothiocyanates is 1. The van der Waals surface area contributed by atoms with Gasteiger partial charge in [0.15, 0.2) is 5.82 Å². The van der Waals surface area contributed by atoms with Crippen LogP contribution in [0, 0.1) is 11.7 Å². The smallest absolute Gasteiger partial charge is 0.151 e. The second-order valence-electron chi connectivity index (χ2n) is 3.76. The second-order valence-corrected chi connectivity index (χ2v) is 5.41. The van der Waals surface area contributed by atoms with Gasteiger partial charge in [0.25, 0.3) is 0 Å². The van der Waals surface area contributed by atoms with E-state index in [2.05, 4.69) is 36.2 Å². The molecule has 1 nitrogen and oxygen atoms in total. The van der Waals surface area contributed by atoms with E-state index < -0.39 is 5.82 Å². The van der Waals surface area contributed by atoms with E-state index in [0.29, 0.717) is 10.9 Å². The van der Waals surface area contributed by atoms with Gasteiger partial charge in [0, 0.05) is 10.6 Å². The zero-order chi connectivity index (χ0) is 12.8. The van der Waals surface area contributed by atoms with E-state index in [4.69, 9.17) is 11.6 Å². The van der Waals surface area contributed by atoms with E-state index >= 15 is 0 Å². The molecule has 0 fully saturated rings. The van der Waals surface area contributed by atoms with E-state index in [1.165, 1.54) is 6.07 Å². The first-order valence-electron chi connectivity index (χ1n) is 5.28. The maximum Gasteiger partial charge on any atom is 0.151 e. The first-order chi connectivity index (χ1) is 8.08. The van der Waals surface area contributed by atoms with Crippen LogP contribution < -0.4 is 0 Å². The standard InChI is InChI=1S/C12H13ClFNS2/c1-3-8(2)6-17-12-5-11(15-7-16)10(14)4-9(12)13/h4-5,8H,3,6H2,1-2H3. The summed E-state index contributed by atoms with van der Waals surface area (Å²) in [5.74, 6) is 1.07. The summed E-state index contributed by atoms with van der Waals surface area (Å²) >= 11 is 12.1. The Morgan fingerprint density at radius 3 is 2.88 bits per heavy atom. The van der Waals surface area contributed by atoms with Crippen LogP contribution in [0.5, 0.6) is 0 Å². The minimum Gasteiger partial charge on any atom is -0.205 e. The maximum absolute atomic E-state index is 13.4. The van der Waals surface area contributed by atoms with Crippen molar-refractivity contribution in [2.75, 3.05) is 5.75 Å². The minimum atomic E-state index is -0.472. The van der Waals surface area contributed by atoms with Gasteiger partial charge in [-0.05, 0) is 30.3 Å². The average molecular weight is 290 g/mol. The molecular formula is C12H13ClFNS2. The highest BCUT2D eigenvalue weighted by molar-refractivity contribution is 7.99. The molecule has 0 aliphatic carbocycles. The number of benzene rings is 1. The summed E-state index contributed by atoms with van der Waals surface area (Å²) in [6.07, 6.45) is 1.11. The highest BCUT2D eigenvalue weighted by atomic mass is 35.5. The third-order valence-corrected chi connectivity index (χ3v) is 4.29. The summed E-state index contributed by atoms with van der Waals surface area (Å²) in [5, 5.41) is 2.58. The normalized spacial score (nSPS) is 12.0. The van der Waals surface area contributed by atoms with Crippen LogP contribution >= 0.6 is 35.6 Å². The second kappa shape index (κ2) is 7.12. The van der Waals surface area contributed by atoms with Gasteiger partial charge in [0.1, 0.15) is 5.69 Å². The van der Waals surface area contributed by atoms with Gasteiger partial charge in [-0.2, -0.15) is 4.99 Å². The molecule has 1 atom stereocenters. The van der Waals surface area contributed by atoms with E-state index in [1.54, 1.807) is 17.8 Å². The third kappa shape index (κ3) is 4.40. The van der Waals surface area contributed by atoms with Crippen molar-refractivity contribution in [2.45, 2.75) is 25.2 Å². The number of nitrogens with zero attached hydrogens (tertiary/aromatic N) is 1. The van der Waals surface area contributed by atoms with Crippen molar-refractivity contribution in [1.29, 1.82) is 0 Å². The first kappa shape index (κ1) is 14.7. The van der Waals surface area contributed by atoms with Crippen LogP contribution in [0.2, 0.25) is 5.02 Å². The van der Waals surface area contributed by atoms with E-state index in [-0.39, 0.29) is 5.69 Å². The Morgan fingerprint density at radius 1 is 1.59 bits per heavy atom. The van der Waals surface area contributed by atoms with Crippen LogP contribution in [0.25, 0.3) is 0 Å². The predicted octanol–water partition coefficient (Wildman–Crippen LogP) is 5.35. The fourth-order valence-corrected chi connectivity index (χ4v) is 2.62. The van der Waals surface area contributed by atoms with Crippen molar-refractivity contribution in [2.24, 2.45) is 10.9 Å². The molecular weight excluding hydrogens is 277 g/mol. The quantitative estimate of drug-likeness (QED) is 0.411. The largest absolute Gasteiger partial charge is 0.205 e. The summed E-state index contributed by atoms with van der Waals surface area (Å²) in [5.41, 5.74) is 0.191. The molecule has 0 aliphatic rings. The van der Waals surface area contributed by atoms with E-state index in [1.807, 2.05) is 0 Å². The molecule has 1 unspecified atom stereocenters. The molecule has 17 heavy (non-hydrogen) atoms. The lowest BCUT2D eigenvalue weighted by Crippen LogP contribution is -1.95. The lowest BCUT2D eigenvalue weighted by atomic mass is 10.2. The Balaban J connectivity index is 2.91. The van der Waals surface area contributed by atoms with Crippen LogP contribution in [-0.4, -0.2) is 10.9 Å². The number of halogens is 2. The summed E-state index contributed by atoms with van der Waals surface area (Å²) in [6.45, 7) is 4.31. The fourth-order valence-electron chi connectivity index (χ4n) is 1.11. The van der Waals surface area contributed by atoms with Gasteiger partial charge in [-0.3, -0.25) is 0 Å². The molecule has 5 heteroatoms. The Kier molecular flexibility index (Phi) is 6.14. The molecule has 0 bridgehead atoms. The predicted molar refractivity (Wildman–Crippen MR) is 76.3 cm³/mol. The fraction of sp³-hybridized carbons (Fsp3) is 0.417. The first-order valence-corrected chi connectivity index (χ1v) is 7.05. The highest BCUT2D eigenvalue weighted by Crippen LogP contribution is 2.34. The molecule has 0 amide bonds. The van der Waals surface area contributed by atoms with Crippen LogP contribution in [0.4, 0.5) is 10.1 Å². The number of thioether (sulfide) groups is 1. The molecule has 0 aliphatic heterocycles. The van der Waals surface area contributed by atoms with E-state index in [0.717, 1.165) is 17.1 Å². The van der Waals surface area contributed by atoms with Crippen molar-refractivity contribution < 1.29 is 4.39 Å². The number of hydrogen-bond acceptors (Lipinski definition) is 3.